The molecular formula is C21H18FN3O3. The molecule has 3 aromatic rings. The summed E-state index contributed by atoms with van der Waals surface area (Å²) >= 11 is 0. The third-order valence-corrected chi connectivity index (χ3v) is 3.93. The van der Waals surface area contributed by atoms with E-state index < -0.39 is 5.97 Å². The van der Waals surface area contributed by atoms with Crippen molar-refractivity contribution in [3.63, 3.8) is 0 Å². The predicted molar refractivity (Wildman–Crippen MR) is 103 cm³/mol. The molecule has 7 heteroatoms. The van der Waals surface area contributed by atoms with Gasteiger partial charge in [0.2, 0.25) is 0 Å². The average molecular weight is 379 g/mol. The molecule has 0 saturated heterocycles. The van der Waals surface area contributed by atoms with Gasteiger partial charge < -0.3 is 15.4 Å². The standard InChI is InChI=1S/C21H18FN3O3/c1-28-21(27)15-3-2-4-17(11-15)25-18-9-10-23-19(12-18)20(26)24-13-14-5-7-16(22)8-6-14/h2-12H,13H2,1H3,(H,23,25)(H,24,26). The summed E-state index contributed by atoms with van der Waals surface area (Å²) in [7, 11) is 1.32. The van der Waals surface area contributed by atoms with Crippen LogP contribution < -0.4 is 10.6 Å². The van der Waals surface area contributed by atoms with Gasteiger partial charge in [0.25, 0.3) is 5.91 Å². The molecule has 3 rings (SSSR count). The van der Waals surface area contributed by atoms with Gasteiger partial charge in [-0.1, -0.05) is 18.2 Å². The Morgan fingerprint density at radius 3 is 2.54 bits per heavy atom. The predicted octanol–water partition coefficient (Wildman–Crippen LogP) is 3.68. The zero-order chi connectivity index (χ0) is 19.9. The normalized spacial score (nSPS) is 10.2. The molecule has 6 nitrogen and oxygen atoms in total. The smallest absolute Gasteiger partial charge is 0.337 e. The van der Waals surface area contributed by atoms with Crippen LogP contribution in [0.4, 0.5) is 15.8 Å². The van der Waals surface area contributed by atoms with Crippen LogP contribution in [0.3, 0.4) is 0 Å². The molecule has 28 heavy (non-hydrogen) atoms. The fourth-order valence-electron chi connectivity index (χ4n) is 2.52. The number of hydrogen-bond acceptors (Lipinski definition) is 5. The first kappa shape index (κ1) is 19.0. The van der Waals surface area contributed by atoms with Gasteiger partial charge in [0.15, 0.2) is 0 Å². The van der Waals surface area contributed by atoms with Crippen LogP contribution >= 0.6 is 0 Å². The van der Waals surface area contributed by atoms with Crippen LogP contribution in [0.25, 0.3) is 0 Å². The number of methoxy groups -OCH3 is 1. The van der Waals surface area contributed by atoms with Gasteiger partial charge in [-0.3, -0.25) is 9.78 Å². The first-order valence-corrected chi connectivity index (χ1v) is 8.49. The van der Waals surface area contributed by atoms with E-state index in [-0.39, 0.29) is 24.0 Å². The lowest BCUT2D eigenvalue weighted by Crippen LogP contribution is -2.23. The van der Waals surface area contributed by atoms with Gasteiger partial charge in [-0.2, -0.15) is 0 Å². The van der Waals surface area contributed by atoms with E-state index in [2.05, 4.69) is 15.6 Å². The van der Waals surface area contributed by atoms with Crippen molar-refractivity contribution in [2.45, 2.75) is 6.54 Å². The summed E-state index contributed by atoms with van der Waals surface area (Å²) in [5.41, 5.74) is 2.74. The van der Waals surface area contributed by atoms with Gasteiger partial charge in [0.1, 0.15) is 11.5 Å². The second-order valence-electron chi connectivity index (χ2n) is 5.94. The highest BCUT2D eigenvalue weighted by Crippen LogP contribution is 2.18. The topological polar surface area (TPSA) is 80.3 Å². The van der Waals surface area contributed by atoms with Crippen molar-refractivity contribution in [2.75, 3.05) is 12.4 Å². The molecule has 0 saturated carbocycles. The molecular weight excluding hydrogens is 361 g/mol. The van der Waals surface area contributed by atoms with Gasteiger partial charge in [-0.15, -0.1) is 0 Å². The molecule has 0 unspecified atom stereocenters. The van der Waals surface area contributed by atoms with Crippen molar-refractivity contribution >= 4 is 23.3 Å². The Bertz CT molecular complexity index is 990. The van der Waals surface area contributed by atoms with E-state index in [4.69, 9.17) is 4.74 Å². The van der Waals surface area contributed by atoms with E-state index in [1.807, 2.05) is 0 Å². The van der Waals surface area contributed by atoms with E-state index in [9.17, 15) is 14.0 Å². The lowest BCUT2D eigenvalue weighted by molar-refractivity contribution is 0.0600. The quantitative estimate of drug-likeness (QED) is 0.639. The molecule has 0 spiro atoms. The summed E-state index contributed by atoms with van der Waals surface area (Å²) in [6.45, 7) is 0.264. The van der Waals surface area contributed by atoms with E-state index in [1.54, 1.807) is 48.5 Å². The highest BCUT2D eigenvalue weighted by Gasteiger charge is 2.09. The summed E-state index contributed by atoms with van der Waals surface area (Å²) in [5, 5.41) is 5.87. The molecule has 2 N–H and O–H groups in total. The highest BCUT2D eigenvalue weighted by molar-refractivity contribution is 5.93. The van der Waals surface area contributed by atoms with Crippen LogP contribution in [0.15, 0.2) is 66.9 Å². The zero-order valence-corrected chi connectivity index (χ0v) is 15.1. The van der Waals surface area contributed by atoms with Crippen LogP contribution in [-0.4, -0.2) is 24.0 Å². The highest BCUT2D eigenvalue weighted by atomic mass is 19.1. The third kappa shape index (κ3) is 4.91. The molecule has 1 heterocycles. The Morgan fingerprint density at radius 2 is 1.79 bits per heavy atom. The van der Waals surface area contributed by atoms with Crippen molar-refractivity contribution in [1.29, 1.82) is 0 Å². The lowest BCUT2D eigenvalue weighted by Gasteiger charge is -2.09. The minimum absolute atomic E-state index is 0.233. The van der Waals surface area contributed by atoms with Crippen LogP contribution in [0, 0.1) is 5.82 Å². The molecule has 0 bridgehead atoms. The fourth-order valence-corrected chi connectivity index (χ4v) is 2.52. The third-order valence-electron chi connectivity index (χ3n) is 3.93. The number of hydrogen-bond donors (Lipinski definition) is 2. The molecule has 1 aromatic heterocycles. The largest absolute Gasteiger partial charge is 0.465 e. The minimum atomic E-state index is -0.431. The zero-order valence-electron chi connectivity index (χ0n) is 15.1. The van der Waals surface area contributed by atoms with Crippen molar-refractivity contribution in [3.8, 4) is 0 Å². The molecule has 0 fully saturated rings. The number of rotatable bonds is 6. The van der Waals surface area contributed by atoms with E-state index in [1.165, 1.54) is 25.4 Å². The summed E-state index contributed by atoms with van der Waals surface area (Å²) in [5.74, 6) is -1.11. The Hall–Kier alpha value is -3.74. The van der Waals surface area contributed by atoms with E-state index in [0.29, 0.717) is 16.9 Å². The number of benzene rings is 2. The number of nitrogens with one attached hydrogen (secondary N) is 2. The lowest BCUT2D eigenvalue weighted by atomic mass is 10.2. The number of aromatic nitrogens is 1. The van der Waals surface area contributed by atoms with E-state index >= 15 is 0 Å². The fraction of sp³-hybridized carbons (Fsp3) is 0.0952. The van der Waals surface area contributed by atoms with Crippen LogP contribution in [0.5, 0.6) is 0 Å². The molecule has 0 aliphatic heterocycles. The maximum atomic E-state index is 12.9. The number of carbonyl (C=O) groups excluding carboxylic acids is 2. The molecule has 142 valence electrons. The van der Waals surface area contributed by atoms with Gasteiger partial charge in [-0.25, -0.2) is 9.18 Å². The number of amides is 1. The first-order valence-electron chi connectivity index (χ1n) is 8.49. The monoisotopic (exact) mass is 379 g/mol. The van der Waals surface area contributed by atoms with Crippen molar-refractivity contribution in [1.82, 2.24) is 10.3 Å². The second kappa shape index (κ2) is 8.77. The van der Waals surface area contributed by atoms with Crippen LogP contribution in [0.2, 0.25) is 0 Å². The summed E-state index contributed by atoms with van der Waals surface area (Å²) in [4.78, 5) is 28.1. The molecule has 0 aliphatic carbocycles. The molecule has 2 aromatic carbocycles. The summed E-state index contributed by atoms with van der Waals surface area (Å²) in [6, 6.07) is 16.0. The van der Waals surface area contributed by atoms with Gasteiger partial charge >= 0.3 is 5.97 Å². The van der Waals surface area contributed by atoms with Crippen LogP contribution in [0.1, 0.15) is 26.4 Å². The molecule has 0 radical (unpaired) electrons. The maximum absolute atomic E-state index is 12.9. The molecule has 1 amide bonds. The van der Waals surface area contributed by atoms with Crippen molar-refractivity contribution in [2.24, 2.45) is 0 Å². The average Bonchev–Trinajstić information content (AvgIpc) is 2.73. The Morgan fingerprint density at radius 1 is 1.04 bits per heavy atom. The molecule has 0 aliphatic rings. The molecule has 0 atom stereocenters. The van der Waals surface area contributed by atoms with Gasteiger partial charge in [0.05, 0.1) is 12.7 Å². The Kier molecular flexibility index (Phi) is 5.96. The number of halogens is 1. The Balaban J connectivity index is 1.67. The SMILES string of the molecule is COC(=O)c1cccc(Nc2ccnc(C(=O)NCc3ccc(F)cc3)c2)c1. The van der Waals surface area contributed by atoms with Gasteiger partial charge in [0, 0.05) is 24.1 Å². The summed E-state index contributed by atoms with van der Waals surface area (Å²) in [6.07, 6.45) is 1.51. The number of pyridine rings is 1. The van der Waals surface area contributed by atoms with Crippen LogP contribution in [-0.2, 0) is 11.3 Å². The Labute approximate surface area is 161 Å². The minimum Gasteiger partial charge on any atom is -0.465 e. The number of esters is 1. The van der Waals surface area contributed by atoms with E-state index in [0.717, 1.165) is 5.56 Å². The first-order chi connectivity index (χ1) is 13.5. The van der Waals surface area contributed by atoms with Gasteiger partial charge in [-0.05, 0) is 48.0 Å². The van der Waals surface area contributed by atoms with Crippen molar-refractivity contribution in [3.05, 3.63) is 89.5 Å². The number of ether oxygens (including phenoxy) is 1. The number of carbonyl (C=O) groups is 2. The number of nitrogens with zero attached hydrogens (tertiary/aromatic N) is 1. The number of anilines is 2. The maximum Gasteiger partial charge on any atom is 0.337 e. The second-order valence-corrected chi connectivity index (χ2v) is 5.94. The summed E-state index contributed by atoms with van der Waals surface area (Å²) < 4.78 is 17.6. The van der Waals surface area contributed by atoms with Crippen molar-refractivity contribution < 1.29 is 18.7 Å².